The van der Waals surface area contributed by atoms with Gasteiger partial charge in [0.2, 0.25) is 0 Å². The Kier molecular flexibility index (Phi) is 6.06. The molecule has 4 aromatic rings. The molecule has 2 aromatic carbocycles. The van der Waals surface area contributed by atoms with E-state index < -0.39 is 0 Å². The zero-order valence-corrected chi connectivity index (χ0v) is 19.2. The van der Waals surface area contributed by atoms with Crippen LogP contribution in [0.5, 0.6) is 5.75 Å². The van der Waals surface area contributed by atoms with E-state index in [9.17, 15) is 9.18 Å². The molecule has 1 aliphatic heterocycles. The monoisotopic (exact) mass is 469 g/mol. The highest BCUT2D eigenvalue weighted by Crippen LogP contribution is 2.36. The number of anilines is 1. The quantitative estimate of drug-likeness (QED) is 0.439. The number of hydrogen-bond acceptors (Lipinski definition) is 5. The number of imidazole rings is 1. The minimum atomic E-state index is -0.276. The van der Waals surface area contributed by atoms with E-state index in [0.717, 1.165) is 29.8 Å². The van der Waals surface area contributed by atoms with Gasteiger partial charge >= 0.3 is 0 Å². The lowest BCUT2D eigenvalue weighted by atomic mass is 10.1. The number of hydrogen-bond donors (Lipinski definition) is 1. The highest BCUT2D eigenvalue weighted by molar-refractivity contribution is 5.94. The fourth-order valence-electron chi connectivity index (χ4n) is 4.44. The molecule has 1 fully saturated rings. The highest BCUT2D eigenvalue weighted by atomic mass is 19.1. The topological polar surface area (TPSA) is 85.8 Å². The standard InChI is InChI=1S/C27H24FN5O2/c1-2-4-23(34)32-15-3-5-22(32)27-31-24(25-26(29)30-14-16-33(25)27)19-8-12-21(13-9-19)35-17-18-6-10-20(28)11-7-18/h6-14,16,22H,3,5,15,17H2,1H3,(H2,29,30)/t22-/m0/s1. The van der Waals surface area contributed by atoms with Gasteiger partial charge in [-0.1, -0.05) is 18.1 Å². The van der Waals surface area contributed by atoms with Gasteiger partial charge < -0.3 is 15.4 Å². The number of amides is 1. The van der Waals surface area contributed by atoms with Crippen LogP contribution in [-0.4, -0.2) is 31.7 Å². The Morgan fingerprint density at radius 1 is 1.20 bits per heavy atom. The number of halogens is 1. The Labute approximate surface area is 202 Å². The van der Waals surface area contributed by atoms with Gasteiger partial charge in [-0.3, -0.25) is 9.20 Å². The Morgan fingerprint density at radius 3 is 2.71 bits per heavy atom. The number of nitrogens with zero attached hydrogens (tertiary/aromatic N) is 4. The van der Waals surface area contributed by atoms with Crippen molar-refractivity contribution >= 4 is 17.2 Å². The van der Waals surface area contributed by atoms with Crippen molar-refractivity contribution in [3.8, 4) is 28.8 Å². The molecule has 2 N–H and O–H groups in total. The predicted molar refractivity (Wildman–Crippen MR) is 131 cm³/mol. The van der Waals surface area contributed by atoms with Gasteiger partial charge in [0.05, 0.1) is 6.04 Å². The third kappa shape index (κ3) is 4.41. The van der Waals surface area contributed by atoms with Gasteiger partial charge in [-0.2, -0.15) is 0 Å². The van der Waals surface area contributed by atoms with Gasteiger partial charge in [-0.25, -0.2) is 14.4 Å². The fraction of sp³-hybridized carbons (Fsp3) is 0.222. The number of nitrogens with two attached hydrogens (primary N) is 1. The van der Waals surface area contributed by atoms with Gasteiger partial charge in [0.1, 0.15) is 41.0 Å². The zero-order chi connectivity index (χ0) is 24.4. The van der Waals surface area contributed by atoms with Gasteiger partial charge in [-0.05, 0) is 67.6 Å². The summed E-state index contributed by atoms with van der Waals surface area (Å²) < 4.78 is 20.9. The predicted octanol–water partition coefficient (Wildman–Crippen LogP) is 4.38. The van der Waals surface area contributed by atoms with Gasteiger partial charge in [0.25, 0.3) is 5.91 Å². The molecule has 1 aliphatic rings. The molecular weight excluding hydrogens is 445 g/mol. The second-order valence-corrected chi connectivity index (χ2v) is 8.32. The van der Waals surface area contributed by atoms with Crippen molar-refractivity contribution in [2.24, 2.45) is 0 Å². The molecule has 35 heavy (non-hydrogen) atoms. The molecular formula is C27H24FN5O2. The van der Waals surface area contributed by atoms with E-state index in [1.807, 2.05) is 34.9 Å². The SMILES string of the molecule is CC#CC(=O)N1CCC[C@H]1c1nc(-c2ccc(OCc3ccc(F)cc3)cc2)c2c(N)nccn12. The molecule has 0 saturated carbocycles. The first-order valence-electron chi connectivity index (χ1n) is 11.4. The van der Waals surface area contributed by atoms with Crippen LogP contribution in [0.2, 0.25) is 0 Å². The molecule has 5 rings (SSSR count). The molecule has 0 bridgehead atoms. The summed E-state index contributed by atoms with van der Waals surface area (Å²) in [7, 11) is 0. The molecule has 2 aromatic heterocycles. The van der Waals surface area contributed by atoms with Crippen LogP contribution in [0.3, 0.4) is 0 Å². The van der Waals surface area contributed by atoms with Crippen molar-refractivity contribution in [1.29, 1.82) is 0 Å². The Hall–Kier alpha value is -4.38. The fourth-order valence-corrected chi connectivity index (χ4v) is 4.44. The maximum absolute atomic E-state index is 13.1. The van der Waals surface area contributed by atoms with E-state index in [4.69, 9.17) is 15.5 Å². The summed E-state index contributed by atoms with van der Waals surface area (Å²) in [5.41, 5.74) is 9.39. The number of nitrogen functional groups attached to an aromatic ring is 1. The van der Waals surface area contributed by atoms with Crippen LogP contribution in [0.25, 0.3) is 16.8 Å². The smallest absolute Gasteiger partial charge is 0.299 e. The second kappa shape index (κ2) is 9.47. The van der Waals surface area contributed by atoms with Crippen molar-refractivity contribution in [1.82, 2.24) is 19.3 Å². The number of ether oxygens (including phenoxy) is 1. The van der Waals surface area contributed by atoms with Crippen LogP contribution < -0.4 is 10.5 Å². The van der Waals surface area contributed by atoms with Crippen molar-refractivity contribution in [3.05, 3.63) is 78.1 Å². The summed E-state index contributed by atoms with van der Waals surface area (Å²) in [4.78, 5) is 23.6. The van der Waals surface area contributed by atoms with Crippen molar-refractivity contribution in [3.63, 3.8) is 0 Å². The second-order valence-electron chi connectivity index (χ2n) is 8.32. The van der Waals surface area contributed by atoms with Gasteiger partial charge in [0.15, 0.2) is 0 Å². The maximum atomic E-state index is 13.1. The average molecular weight is 470 g/mol. The number of fused-ring (bicyclic) bond motifs is 1. The van der Waals surface area contributed by atoms with Crippen LogP contribution >= 0.6 is 0 Å². The normalized spacial score (nSPS) is 15.1. The first-order chi connectivity index (χ1) is 17.0. The van der Waals surface area contributed by atoms with E-state index >= 15 is 0 Å². The van der Waals surface area contributed by atoms with E-state index in [-0.39, 0.29) is 17.8 Å². The van der Waals surface area contributed by atoms with Gasteiger partial charge in [-0.15, -0.1) is 0 Å². The summed E-state index contributed by atoms with van der Waals surface area (Å²) in [6, 6.07) is 13.6. The minimum Gasteiger partial charge on any atom is -0.489 e. The number of benzene rings is 2. The molecule has 1 atom stereocenters. The summed E-state index contributed by atoms with van der Waals surface area (Å²) in [6.07, 6.45) is 5.14. The van der Waals surface area contributed by atoms with Crippen LogP contribution in [0.15, 0.2) is 60.9 Å². The Balaban J connectivity index is 1.46. The molecule has 3 heterocycles. The molecule has 176 valence electrons. The summed E-state index contributed by atoms with van der Waals surface area (Å²) in [5, 5.41) is 0. The molecule has 0 aliphatic carbocycles. The lowest BCUT2D eigenvalue weighted by Crippen LogP contribution is -2.30. The number of carbonyl (C=O) groups excluding carboxylic acids is 1. The van der Waals surface area contributed by atoms with Crippen molar-refractivity contribution in [2.45, 2.75) is 32.4 Å². The van der Waals surface area contributed by atoms with Gasteiger partial charge in [0, 0.05) is 24.5 Å². The summed E-state index contributed by atoms with van der Waals surface area (Å²) in [5.74, 6) is 6.65. The van der Waals surface area contributed by atoms with E-state index in [2.05, 4.69) is 16.8 Å². The third-order valence-corrected chi connectivity index (χ3v) is 6.10. The molecule has 7 nitrogen and oxygen atoms in total. The minimum absolute atomic E-state index is 0.190. The molecule has 8 heteroatoms. The lowest BCUT2D eigenvalue weighted by Gasteiger charge is -2.21. The molecule has 1 saturated heterocycles. The van der Waals surface area contributed by atoms with Crippen LogP contribution in [-0.2, 0) is 11.4 Å². The van der Waals surface area contributed by atoms with Crippen LogP contribution in [0, 0.1) is 17.7 Å². The number of carbonyl (C=O) groups is 1. The van der Waals surface area contributed by atoms with E-state index in [0.29, 0.717) is 35.9 Å². The van der Waals surface area contributed by atoms with Crippen molar-refractivity contribution in [2.75, 3.05) is 12.3 Å². The zero-order valence-electron chi connectivity index (χ0n) is 19.2. The van der Waals surface area contributed by atoms with E-state index in [1.54, 1.807) is 30.2 Å². The number of aromatic nitrogens is 3. The largest absolute Gasteiger partial charge is 0.489 e. The molecule has 0 unspecified atom stereocenters. The Morgan fingerprint density at radius 2 is 1.97 bits per heavy atom. The first kappa shape index (κ1) is 22.4. The maximum Gasteiger partial charge on any atom is 0.299 e. The van der Waals surface area contributed by atoms with Crippen LogP contribution in [0.1, 0.15) is 37.2 Å². The third-order valence-electron chi connectivity index (χ3n) is 6.10. The first-order valence-corrected chi connectivity index (χ1v) is 11.4. The highest BCUT2D eigenvalue weighted by Gasteiger charge is 2.33. The number of likely N-dealkylation sites (tertiary alicyclic amines) is 1. The number of rotatable bonds is 5. The van der Waals surface area contributed by atoms with Crippen molar-refractivity contribution < 1.29 is 13.9 Å². The molecule has 1 amide bonds. The van der Waals surface area contributed by atoms with Crippen LogP contribution in [0.4, 0.5) is 10.2 Å². The average Bonchev–Trinajstić information content (AvgIpc) is 3.50. The molecule has 0 radical (unpaired) electrons. The lowest BCUT2D eigenvalue weighted by molar-refractivity contribution is -0.126. The van der Waals surface area contributed by atoms with E-state index in [1.165, 1.54) is 12.1 Å². The molecule has 0 spiro atoms. The summed E-state index contributed by atoms with van der Waals surface area (Å²) in [6.45, 7) is 2.63. The Bertz CT molecular complexity index is 1430. The summed E-state index contributed by atoms with van der Waals surface area (Å²) >= 11 is 0.